The summed E-state index contributed by atoms with van der Waals surface area (Å²) in [5.74, 6) is 1.65. The van der Waals surface area contributed by atoms with Gasteiger partial charge in [0.15, 0.2) is 5.96 Å². The molecule has 0 heterocycles. The van der Waals surface area contributed by atoms with Gasteiger partial charge in [0, 0.05) is 33.9 Å². The highest BCUT2D eigenvalue weighted by Gasteiger charge is 1.98. The summed E-state index contributed by atoms with van der Waals surface area (Å²) in [6, 6.07) is 0. The summed E-state index contributed by atoms with van der Waals surface area (Å²) in [6.45, 7) is 7.29. The lowest BCUT2D eigenvalue weighted by Crippen LogP contribution is -2.38. The number of ether oxygens (including phenoxy) is 1. The molecule has 0 aromatic carbocycles. The van der Waals surface area contributed by atoms with Gasteiger partial charge in [-0.05, 0) is 31.6 Å². The van der Waals surface area contributed by atoms with Gasteiger partial charge in [-0.2, -0.15) is 0 Å². The summed E-state index contributed by atoms with van der Waals surface area (Å²) < 4.78 is 5.01. The van der Waals surface area contributed by atoms with Gasteiger partial charge >= 0.3 is 0 Å². The maximum atomic E-state index is 5.01. The lowest BCUT2D eigenvalue weighted by molar-refractivity contribution is 0.192. The predicted octanol–water partition coefficient (Wildman–Crippen LogP) is 2.01. The van der Waals surface area contributed by atoms with Crippen molar-refractivity contribution in [3.63, 3.8) is 0 Å². The Morgan fingerprint density at radius 2 is 1.82 bits per heavy atom. The summed E-state index contributed by atoms with van der Waals surface area (Å²) in [4.78, 5) is 4.19. The van der Waals surface area contributed by atoms with E-state index in [2.05, 4.69) is 29.5 Å². The molecule has 0 bridgehead atoms. The summed E-state index contributed by atoms with van der Waals surface area (Å²) in [5.41, 5.74) is 0. The van der Waals surface area contributed by atoms with Crippen molar-refractivity contribution in [2.75, 3.05) is 33.9 Å². The molecule has 0 fully saturated rings. The molecule has 4 nitrogen and oxygen atoms in total. The van der Waals surface area contributed by atoms with Crippen LogP contribution in [0.3, 0.4) is 0 Å². The Morgan fingerprint density at radius 3 is 2.41 bits per heavy atom. The molecule has 0 aliphatic carbocycles. The number of unbranched alkanes of at least 4 members (excludes halogenated alkanes) is 2. The van der Waals surface area contributed by atoms with Crippen molar-refractivity contribution >= 4 is 5.96 Å². The van der Waals surface area contributed by atoms with E-state index in [-0.39, 0.29) is 0 Å². The maximum Gasteiger partial charge on any atom is 0.190 e. The van der Waals surface area contributed by atoms with Crippen LogP contribution >= 0.6 is 0 Å². The minimum Gasteiger partial charge on any atom is -0.385 e. The Hall–Kier alpha value is -0.770. The molecule has 0 unspecified atom stereocenters. The molecule has 0 saturated carbocycles. The van der Waals surface area contributed by atoms with Crippen molar-refractivity contribution < 1.29 is 4.74 Å². The molecule has 0 atom stereocenters. The molecule has 0 aromatic rings. The number of rotatable bonds is 9. The summed E-state index contributed by atoms with van der Waals surface area (Å²) >= 11 is 0. The maximum absolute atomic E-state index is 5.01. The third-order valence-corrected chi connectivity index (χ3v) is 2.56. The zero-order valence-electron chi connectivity index (χ0n) is 11.9. The second kappa shape index (κ2) is 11.7. The van der Waals surface area contributed by atoms with Gasteiger partial charge in [0.25, 0.3) is 0 Å². The number of methoxy groups -OCH3 is 1. The molecule has 4 heteroatoms. The lowest BCUT2D eigenvalue weighted by Gasteiger charge is -2.12. The molecule has 0 spiro atoms. The van der Waals surface area contributed by atoms with E-state index in [1.165, 1.54) is 12.8 Å². The van der Waals surface area contributed by atoms with Crippen LogP contribution in [0.4, 0.5) is 0 Å². The number of guanidine groups is 1. The highest BCUT2D eigenvalue weighted by atomic mass is 16.5. The average molecular weight is 243 g/mol. The molecular weight excluding hydrogens is 214 g/mol. The third-order valence-electron chi connectivity index (χ3n) is 2.56. The first kappa shape index (κ1) is 16.2. The highest BCUT2D eigenvalue weighted by Crippen LogP contribution is 1.96. The fourth-order valence-corrected chi connectivity index (χ4v) is 1.45. The average Bonchev–Trinajstić information content (AvgIpc) is 2.30. The predicted molar refractivity (Wildman–Crippen MR) is 74.5 cm³/mol. The number of nitrogens with zero attached hydrogens (tertiary/aromatic N) is 1. The highest BCUT2D eigenvalue weighted by molar-refractivity contribution is 5.79. The van der Waals surface area contributed by atoms with Gasteiger partial charge in [0.05, 0.1) is 0 Å². The molecule has 0 amide bonds. The van der Waals surface area contributed by atoms with Crippen molar-refractivity contribution in [3.05, 3.63) is 0 Å². The van der Waals surface area contributed by atoms with E-state index in [1.807, 2.05) is 7.05 Å². The van der Waals surface area contributed by atoms with E-state index in [0.717, 1.165) is 44.4 Å². The van der Waals surface area contributed by atoms with Crippen LogP contribution in [0.1, 0.15) is 39.5 Å². The van der Waals surface area contributed by atoms with Crippen LogP contribution in [0.15, 0.2) is 4.99 Å². The molecule has 2 N–H and O–H groups in total. The molecule has 102 valence electrons. The topological polar surface area (TPSA) is 45.7 Å². The van der Waals surface area contributed by atoms with Gasteiger partial charge in [-0.15, -0.1) is 0 Å². The Kier molecular flexibility index (Phi) is 11.2. The minimum absolute atomic E-state index is 0.731. The Balaban J connectivity index is 3.42. The lowest BCUT2D eigenvalue weighted by atomic mass is 10.1. The van der Waals surface area contributed by atoms with E-state index in [9.17, 15) is 0 Å². The van der Waals surface area contributed by atoms with E-state index < -0.39 is 0 Å². The van der Waals surface area contributed by atoms with E-state index >= 15 is 0 Å². The molecular formula is C13H29N3O. The largest absolute Gasteiger partial charge is 0.385 e. The summed E-state index contributed by atoms with van der Waals surface area (Å²) in [7, 11) is 3.56. The van der Waals surface area contributed by atoms with Crippen molar-refractivity contribution in [1.82, 2.24) is 10.6 Å². The van der Waals surface area contributed by atoms with Crippen LogP contribution in [0.5, 0.6) is 0 Å². The quantitative estimate of drug-likeness (QED) is 0.370. The third kappa shape index (κ3) is 11.5. The van der Waals surface area contributed by atoms with E-state index in [0.29, 0.717) is 0 Å². The molecule has 0 aliphatic rings. The van der Waals surface area contributed by atoms with Crippen LogP contribution < -0.4 is 10.6 Å². The fourth-order valence-electron chi connectivity index (χ4n) is 1.45. The van der Waals surface area contributed by atoms with Gasteiger partial charge in [-0.3, -0.25) is 4.99 Å². The zero-order chi connectivity index (χ0) is 12.9. The number of nitrogens with one attached hydrogen (secondary N) is 2. The fraction of sp³-hybridized carbons (Fsp3) is 0.923. The first-order valence-electron chi connectivity index (χ1n) is 6.64. The monoisotopic (exact) mass is 243 g/mol. The first-order chi connectivity index (χ1) is 8.20. The van der Waals surface area contributed by atoms with E-state index in [1.54, 1.807) is 7.11 Å². The second-order valence-electron chi connectivity index (χ2n) is 4.66. The van der Waals surface area contributed by atoms with Crippen molar-refractivity contribution in [2.45, 2.75) is 39.5 Å². The van der Waals surface area contributed by atoms with Gasteiger partial charge in [-0.25, -0.2) is 0 Å². The molecule has 0 saturated heterocycles. The molecule has 0 rings (SSSR count). The Labute approximate surface area is 106 Å². The minimum atomic E-state index is 0.731. The normalized spacial score (nSPS) is 11.9. The van der Waals surface area contributed by atoms with Crippen LogP contribution in [-0.2, 0) is 4.74 Å². The van der Waals surface area contributed by atoms with Gasteiger partial charge in [0.1, 0.15) is 0 Å². The van der Waals surface area contributed by atoms with E-state index in [4.69, 9.17) is 4.74 Å². The zero-order valence-corrected chi connectivity index (χ0v) is 11.9. The molecule has 0 radical (unpaired) electrons. The van der Waals surface area contributed by atoms with Crippen molar-refractivity contribution in [1.29, 1.82) is 0 Å². The van der Waals surface area contributed by atoms with Gasteiger partial charge in [0.2, 0.25) is 0 Å². The second-order valence-corrected chi connectivity index (χ2v) is 4.66. The number of hydrogen-bond acceptors (Lipinski definition) is 2. The van der Waals surface area contributed by atoms with Crippen LogP contribution in [0, 0.1) is 5.92 Å². The number of hydrogen-bond donors (Lipinski definition) is 2. The Bertz CT molecular complexity index is 193. The van der Waals surface area contributed by atoms with Crippen LogP contribution in [0.25, 0.3) is 0 Å². The van der Waals surface area contributed by atoms with Crippen LogP contribution in [0.2, 0.25) is 0 Å². The van der Waals surface area contributed by atoms with Crippen molar-refractivity contribution in [2.24, 2.45) is 10.9 Å². The SMILES string of the molecule is CN=C(NCCCCCOC)NCCC(C)C. The standard InChI is InChI=1S/C13H29N3O/c1-12(2)8-10-16-13(14-3)15-9-6-5-7-11-17-4/h12H,5-11H2,1-4H3,(H2,14,15,16). The van der Waals surface area contributed by atoms with Gasteiger partial charge < -0.3 is 15.4 Å². The molecule has 17 heavy (non-hydrogen) atoms. The van der Waals surface area contributed by atoms with Crippen molar-refractivity contribution in [3.8, 4) is 0 Å². The van der Waals surface area contributed by atoms with Gasteiger partial charge in [-0.1, -0.05) is 13.8 Å². The first-order valence-corrected chi connectivity index (χ1v) is 6.64. The molecule has 0 aliphatic heterocycles. The summed E-state index contributed by atoms with van der Waals surface area (Å²) in [6.07, 6.45) is 4.67. The van der Waals surface area contributed by atoms with Crippen LogP contribution in [-0.4, -0.2) is 39.8 Å². The summed E-state index contributed by atoms with van der Waals surface area (Å²) in [5, 5.41) is 6.64. The number of aliphatic imine (C=N–C) groups is 1. The molecule has 0 aromatic heterocycles. The smallest absolute Gasteiger partial charge is 0.190 e. The Morgan fingerprint density at radius 1 is 1.12 bits per heavy atom.